The number of aliphatic hydroxyl groups excluding tert-OH is 2. The highest BCUT2D eigenvalue weighted by atomic mass is 127. The summed E-state index contributed by atoms with van der Waals surface area (Å²) in [5.41, 5.74) is -0.834. The summed E-state index contributed by atoms with van der Waals surface area (Å²) in [6.45, 7) is 2.14. The van der Waals surface area contributed by atoms with E-state index in [2.05, 4.69) is 16.9 Å². The molecule has 2 fully saturated rings. The van der Waals surface area contributed by atoms with Crippen molar-refractivity contribution in [2.45, 2.75) is 95.8 Å². The SMILES string of the molecule is CCCCCCCc1cc2cn([C@@H]3CC[C@H](CO)O3)c(=O)nc2o1.O=c1[nH]c(=O)n([C@@H]2CC[C@H](CO)O2)cc1I. The summed E-state index contributed by atoms with van der Waals surface area (Å²) in [5, 5.41) is 18.9. The number of aromatic amines is 1. The lowest BCUT2D eigenvalue weighted by Crippen LogP contribution is -2.33. The minimum atomic E-state index is -0.478. The molecular formula is C27H37IN4O8. The molecule has 0 saturated carbocycles. The van der Waals surface area contributed by atoms with Crippen LogP contribution in [0.4, 0.5) is 0 Å². The maximum atomic E-state index is 12.2. The number of hydrogen-bond donors (Lipinski definition) is 3. The number of H-pyrrole nitrogens is 1. The third kappa shape index (κ3) is 7.69. The van der Waals surface area contributed by atoms with Gasteiger partial charge in [0, 0.05) is 18.8 Å². The van der Waals surface area contributed by atoms with Crippen LogP contribution in [-0.4, -0.2) is 54.7 Å². The largest absolute Gasteiger partial charge is 0.443 e. The first kappa shape index (κ1) is 30.6. The second-order valence-electron chi connectivity index (χ2n) is 10.2. The van der Waals surface area contributed by atoms with E-state index in [9.17, 15) is 14.4 Å². The van der Waals surface area contributed by atoms with Crippen molar-refractivity contribution in [1.82, 2.24) is 19.1 Å². The average Bonchev–Trinajstić information content (AvgIpc) is 3.70. The first-order valence-electron chi connectivity index (χ1n) is 13.9. The molecule has 0 amide bonds. The van der Waals surface area contributed by atoms with Crippen LogP contribution in [0.1, 0.15) is 82.9 Å². The number of rotatable bonds is 10. The van der Waals surface area contributed by atoms with Crippen LogP contribution >= 0.6 is 22.6 Å². The van der Waals surface area contributed by atoms with Gasteiger partial charge in [-0.2, -0.15) is 4.98 Å². The van der Waals surface area contributed by atoms with E-state index in [0.717, 1.165) is 30.4 Å². The first-order chi connectivity index (χ1) is 19.3. The van der Waals surface area contributed by atoms with Crippen LogP contribution in [0.15, 0.2) is 37.3 Å². The molecule has 0 unspecified atom stereocenters. The van der Waals surface area contributed by atoms with Gasteiger partial charge in [-0.05, 0) is 60.8 Å². The predicted octanol–water partition coefficient (Wildman–Crippen LogP) is 2.98. The highest BCUT2D eigenvalue weighted by Crippen LogP contribution is 2.28. The van der Waals surface area contributed by atoms with Gasteiger partial charge in [0.05, 0.1) is 34.4 Å². The van der Waals surface area contributed by atoms with E-state index in [4.69, 9.17) is 24.1 Å². The molecule has 3 aromatic heterocycles. The van der Waals surface area contributed by atoms with Crippen molar-refractivity contribution in [2.75, 3.05) is 13.2 Å². The van der Waals surface area contributed by atoms with Gasteiger partial charge in [0.1, 0.15) is 18.2 Å². The Hall–Kier alpha value is -2.33. The number of unbranched alkanes of at least 4 members (excludes halogenated alkanes) is 4. The highest BCUT2D eigenvalue weighted by Gasteiger charge is 2.28. The Morgan fingerprint density at radius 2 is 1.60 bits per heavy atom. The second kappa shape index (κ2) is 14.5. The van der Waals surface area contributed by atoms with Gasteiger partial charge in [0.25, 0.3) is 5.56 Å². The maximum Gasteiger partial charge on any atom is 0.353 e. The average molecular weight is 673 g/mol. The minimum absolute atomic E-state index is 0.0190. The summed E-state index contributed by atoms with van der Waals surface area (Å²) in [6, 6.07) is 1.97. The molecule has 4 atom stereocenters. The molecule has 0 bridgehead atoms. The Balaban J connectivity index is 0.000000201. The number of furan rings is 1. The Kier molecular flexibility index (Phi) is 11.1. The summed E-state index contributed by atoms with van der Waals surface area (Å²) in [7, 11) is 0. The number of nitrogens with one attached hydrogen (secondary N) is 1. The normalized spacial score (nSPS) is 22.5. The summed E-state index contributed by atoms with van der Waals surface area (Å²) in [5.74, 6) is 0.881. The van der Waals surface area contributed by atoms with Gasteiger partial charge in [-0.1, -0.05) is 32.6 Å². The fourth-order valence-corrected chi connectivity index (χ4v) is 5.37. The third-order valence-electron chi connectivity index (χ3n) is 7.14. The summed E-state index contributed by atoms with van der Waals surface area (Å²) in [6.07, 6.45) is 11.8. The van der Waals surface area contributed by atoms with E-state index in [1.54, 1.807) is 6.20 Å². The van der Waals surface area contributed by atoms with Gasteiger partial charge in [0.2, 0.25) is 5.71 Å². The molecule has 12 nitrogen and oxygen atoms in total. The molecule has 13 heteroatoms. The molecule has 3 N–H and O–H groups in total. The van der Waals surface area contributed by atoms with Crippen molar-refractivity contribution in [3.63, 3.8) is 0 Å². The van der Waals surface area contributed by atoms with Crippen LogP contribution in [0.5, 0.6) is 0 Å². The van der Waals surface area contributed by atoms with Gasteiger partial charge in [0.15, 0.2) is 0 Å². The molecule has 2 aliphatic rings. The van der Waals surface area contributed by atoms with Crippen molar-refractivity contribution in [2.24, 2.45) is 0 Å². The lowest BCUT2D eigenvalue weighted by Gasteiger charge is -2.14. The molecule has 5 rings (SSSR count). The quantitative estimate of drug-likeness (QED) is 0.217. The monoisotopic (exact) mass is 672 g/mol. The molecule has 0 aliphatic carbocycles. The number of ether oxygens (including phenoxy) is 2. The number of aryl methyl sites for hydroxylation is 1. The van der Waals surface area contributed by atoms with Crippen LogP contribution in [0.25, 0.3) is 11.1 Å². The number of nitrogens with zero attached hydrogens (tertiary/aromatic N) is 3. The molecule has 2 saturated heterocycles. The zero-order chi connectivity index (χ0) is 28.6. The van der Waals surface area contributed by atoms with E-state index in [1.807, 2.05) is 28.7 Å². The summed E-state index contributed by atoms with van der Waals surface area (Å²) >= 11 is 1.86. The Morgan fingerprint density at radius 3 is 2.23 bits per heavy atom. The fraction of sp³-hybridized carbons (Fsp3) is 0.630. The molecule has 2 aliphatic heterocycles. The topological polar surface area (TPSA) is 162 Å². The first-order valence-corrected chi connectivity index (χ1v) is 15.0. The molecule has 0 radical (unpaired) electrons. The van der Waals surface area contributed by atoms with Gasteiger partial charge in [-0.3, -0.25) is 18.9 Å². The van der Waals surface area contributed by atoms with Gasteiger partial charge in [-0.25, -0.2) is 9.59 Å². The van der Waals surface area contributed by atoms with Crippen molar-refractivity contribution < 1.29 is 24.1 Å². The lowest BCUT2D eigenvalue weighted by atomic mass is 10.1. The molecule has 0 spiro atoms. The Bertz CT molecular complexity index is 1430. The van der Waals surface area contributed by atoms with Crippen molar-refractivity contribution >= 4 is 33.7 Å². The van der Waals surface area contributed by atoms with Crippen LogP contribution < -0.4 is 16.9 Å². The smallest absolute Gasteiger partial charge is 0.353 e. The van der Waals surface area contributed by atoms with Crippen LogP contribution in [0, 0.1) is 3.57 Å². The maximum absolute atomic E-state index is 12.2. The van der Waals surface area contributed by atoms with Crippen molar-refractivity contribution in [3.8, 4) is 0 Å². The van der Waals surface area contributed by atoms with Crippen molar-refractivity contribution in [1.29, 1.82) is 0 Å². The van der Waals surface area contributed by atoms with Crippen LogP contribution in [0.2, 0.25) is 0 Å². The minimum Gasteiger partial charge on any atom is -0.443 e. The predicted molar refractivity (Wildman–Crippen MR) is 155 cm³/mol. The van der Waals surface area contributed by atoms with Crippen molar-refractivity contribution in [3.05, 3.63) is 59.1 Å². The van der Waals surface area contributed by atoms with Gasteiger partial charge in [-0.15, -0.1) is 0 Å². The number of fused-ring (bicyclic) bond motifs is 1. The lowest BCUT2D eigenvalue weighted by molar-refractivity contribution is -0.0247. The van der Waals surface area contributed by atoms with E-state index in [0.29, 0.717) is 28.5 Å². The zero-order valence-electron chi connectivity index (χ0n) is 22.6. The fourth-order valence-electron chi connectivity index (χ4n) is 4.94. The molecule has 0 aromatic carbocycles. The van der Waals surface area contributed by atoms with Gasteiger partial charge >= 0.3 is 11.4 Å². The third-order valence-corrected chi connectivity index (χ3v) is 7.90. The highest BCUT2D eigenvalue weighted by molar-refractivity contribution is 14.1. The number of aliphatic hydroxyl groups is 2. The summed E-state index contributed by atoms with van der Waals surface area (Å²) in [4.78, 5) is 41.2. The second-order valence-corrected chi connectivity index (χ2v) is 11.3. The van der Waals surface area contributed by atoms with Crippen LogP contribution in [-0.2, 0) is 15.9 Å². The molecule has 220 valence electrons. The Morgan fingerprint density at radius 1 is 0.950 bits per heavy atom. The van der Waals surface area contributed by atoms with Gasteiger partial charge < -0.3 is 24.1 Å². The molecule has 3 aromatic rings. The number of hydrogen-bond acceptors (Lipinski definition) is 9. The Labute approximate surface area is 244 Å². The van der Waals surface area contributed by atoms with E-state index < -0.39 is 17.5 Å². The molecule has 40 heavy (non-hydrogen) atoms. The zero-order valence-corrected chi connectivity index (χ0v) is 24.7. The van der Waals surface area contributed by atoms with Crippen LogP contribution in [0.3, 0.4) is 0 Å². The van der Waals surface area contributed by atoms with E-state index in [-0.39, 0.29) is 37.3 Å². The summed E-state index contributed by atoms with van der Waals surface area (Å²) < 4.78 is 20.2. The molecular weight excluding hydrogens is 635 g/mol. The standard InChI is InChI=1S/C18H26N2O4.C9H11IN2O4/c1-2-3-4-5-6-7-14-10-13-11-20(18(22)19-17(13)24-14)16-9-8-15(12-21)23-16;10-6-3-12(9(15)11-8(6)14)7-2-1-5(4-13)16-7/h10-11,15-16,21H,2-9,12H2,1H3;3,5,7,13H,1-2,4H2,(H,11,14,15)/t15-,16+;5-,7+/m11/s1. The molecule has 5 heterocycles. The number of aromatic nitrogens is 4. The number of halogens is 1. The van der Waals surface area contributed by atoms with E-state index in [1.165, 1.54) is 41.0 Å². The van der Waals surface area contributed by atoms with E-state index >= 15 is 0 Å².